The summed E-state index contributed by atoms with van der Waals surface area (Å²) in [5.74, 6) is -0.618. The highest BCUT2D eigenvalue weighted by Gasteiger charge is 2.16. The fourth-order valence-electron chi connectivity index (χ4n) is 2.01. The Balaban J connectivity index is 2.76. The molecule has 0 atom stereocenters. The van der Waals surface area contributed by atoms with Crippen molar-refractivity contribution in [2.24, 2.45) is 0 Å². The van der Waals surface area contributed by atoms with Crippen LogP contribution in [-0.2, 0) is 11.3 Å². The van der Waals surface area contributed by atoms with E-state index in [1.165, 1.54) is 6.20 Å². The number of aromatic nitrogens is 1. The number of rotatable bonds is 4. The molecule has 2 aromatic rings. The second kappa shape index (κ2) is 5.92. The van der Waals surface area contributed by atoms with Gasteiger partial charge in [-0.1, -0.05) is 17.7 Å². The molecule has 1 aromatic carbocycles. The van der Waals surface area contributed by atoms with Gasteiger partial charge in [0.05, 0.1) is 12.1 Å². The van der Waals surface area contributed by atoms with Gasteiger partial charge in [0.1, 0.15) is 5.56 Å². The van der Waals surface area contributed by atoms with Crippen molar-refractivity contribution in [3.63, 3.8) is 0 Å². The molecule has 0 radical (unpaired) electrons. The van der Waals surface area contributed by atoms with E-state index in [9.17, 15) is 9.59 Å². The summed E-state index contributed by atoms with van der Waals surface area (Å²) in [5.41, 5.74) is 0.328. The van der Waals surface area contributed by atoms with Gasteiger partial charge in [0.15, 0.2) is 0 Å². The monoisotopic (exact) mass is 291 g/mol. The van der Waals surface area contributed by atoms with Crippen molar-refractivity contribution >= 4 is 28.5 Å². The first-order valence-electron chi connectivity index (χ1n) is 6.19. The van der Waals surface area contributed by atoms with Crippen molar-refractivity contribution in [1.82, 2.24) is 4.57 Å². The molecular formula is C15H14ClNO3. The van der Waals surface area contributed by atoms with E-state index in [0.717, 1.165) is 0 Å². The second-order valence-electron chi connectivity index (χ2n) is 4.19. The summed E-state index contributed by atoms with van der Waals surface area (Å²) < 4.78 is 6.66. The topological polar surface area (TPSA) is 48.3 Å². The number of ether oxygens (including phenoxy) is 1. The largest absolute Gasteiger partial charge is 0.462 e. The molecule has 0 saturated heterocycles. The molecule has 1 aromatic heterocycles. The van der Waals surface area contributed by atoms with Crippen molar-refractivity contribution in [3.8, 4) is 0 Å². The van der Waals surface area contributed by atoms with Crippen LogP contribution < -0.4 is 5.43 Å². The lowest BCUT2D eigenvalue weighted by atomic mass is 10.1. The molecule has 0 spiro atoms. The van der Waals surface area contributed by atoms with Crippen LogP contribution in [0.25, 0.3) is 10.9 Å². The second-order valence-corrected chi connectivity index (χ2v) is 4.63. The van der Waals surface area contributed by atoms with Gasteiger partial charge < -0.3 is 9.30 Å². The molecule has 104 valence electrons. The number of esters is 1. The Morgan fingerprint density at radius 1 is 1.50 bits per heavy atom. The van der Waals surface area contributed by atoms with Crippen molar-refractivity contribution in [2.45, 2.75) is 13.5 Å². The number of hydrogen-bond acceptors (Lipinski definition) is 3. The number of nitrogens with zero attached hydrogens (tertiary/aromatic N) is 1. The van der Waals surface area contributed by atoms with Crippen molar-refractivity contribution in [1.29, 1.82) is 0 Å². The molecule has 0 aliphatic heterocycles. The Morgan fingerprint density at radius 2 is 2.25 bits per heavy atom. The number of carbonyl (C=O) groups excluding carboxylic acids is 1. The lowest BCUT2D eigenvalue weighted by Gasteiger charge is -2.11. The third-order valence-corrected chi connectivity index (χ3v) is 3.10. The third kappa shape index (κ3) is 2.60. The van der Waals surface area contributed by atoms with Gasteiger partial charge in [0.25, 0.3) is 0 Å². The third-order valence-electron chi connectivity index (χ3n) is 2.86. The molecule has 4 nitrogen and oxygen atoms in total. The first-order chi connectivity index (χ1) is 9.58. The minimum absolute atomic E-state index is 0.0172. The predicted molar refractivity (Wildman–Crippen MR) is 79.4 cm³/mol. The Labute approximate surface area is 121 Å². The number of pyridine rings is 1. The molecule has 0 N–H and O–H groups in total. The summed E-state index contributed by atoms with van der Waals surface area (Å²) in [6.07, 6.45) is 3.17. The summed E-state index contributed by atoms with van der Waals surface area (Å²) in [4.78, 5) is 24.2. The zero-order valence-electron chi connectivity index (χ0n) is 11.1. The number of hydrogen-bond donors (Lipinski definition) is 0. The molecule has 0 aliphatic rings. The van der Waals surface area contributed by atoms with Crippen LogP contribution in [0.4, 0.5) is 0 Å². The van der Waals surface area contributed by atoms with E-state index >= 15 is 0 Å². The molecule has 0 unspecified atom stereocenters. The van der Waals surface area contributed by atoms with Crippen LogP contribution in [0.5, 0.6) is 0 Å². The van der Waals surface area contributed by atoms with E-state index in [2.05, 4.69) is 6.58 Å². The van der Waals surface area contributed by atoms with E-state index in [4.69, 9.17) is 16.3 Å². The molecule has 5 heteroatoms. The minimum Gasteiger partial charge on any atom is -0.462 e. The summed E-state index contributed by atoms with van der Waals surface area (Å²) in [7, 11) is 0. The maximum atomic E-state index is 12.3. The van der Waals surface area contributed by atoms with Crippen molar-refractivity contribution in [3.05, 3.63) is 57.9 Å². The van der Waals surface area contributed by atoms with Crippen molar-refractivity contribution in [2.75, 3.05) is 6.61 Å². The smallest absolute Gasteiger partial charge is 0.343 e. The fraction of sp³-hybridized carbons (Fsp3) is 0.200. The van der Waals surface area contributed by atoms with Crippen LogP contribution >= 0.6 is 11.6 Å². The molecular weight excluding hydrogens is 278 g/mol. The normalized spacial score (nSPS) is 10.5. The zero-order valence-corrected chi connectivity index (χ0v) is 11.8. The molecule has 0 bridgehead atoms. The van der Waals surface area contributed by atoms with Crippen LogP contribution in [0.3, 0.4) is 0 Å². The Morgan fingerprint density at radius 3 is 2.90 bits per heavy atom. The van der Waals surface area contributed by atoms with Gasteiger partial charge in [-0.05, 0) is 25.1 Å². The van der Waals surface area contributed by atoms with Gasteiger partial charge in [-0.3, -0.25) is 4.79 Å². The number of fused-ring (bicyclic) bond motifs is 1. The zero-order chi connectivity index (χ0) is 14.7. The predicted octanol–water partition coefficient (Wildman–Crippen LogP) is 3.02. The summed E-state index contributed by atoms with van der Waals surface area (Å²) in [6.45, 7) is 6.05. The van der Waals surface area contributed by atoms with Gasteiger partial charge in [-0.25, -0.2) is 4.79 Å². The quantitative estimate of drug-likeness (QED) is 0.642. The summed E-state index contributed by atoms with van der Waals surface area (Å²) in [6, 6.07) is 4.93. The minimum atomic E-state index is -0.618. The lowest BCUT2D eigenvalue weighted by Crippen LogP contribution is -2.20. The van der Waals surface area contributed by atoms with Gasteiger partial charge in [-0.15, -0.1) is 6.58 Å². The average molecular weight is 292 g/mol. The van der Waals surface area contributed by atoms with Crippen LogP contribution in [0.1, 0.15) is 17.3 Å². The highest BCUT2D eigenvalue weighted by Crippen LogP contribution is 2.18. The van der Waals surface area contributed by atoms with Gasteiger partial charge in [0.2, 0.25) is 5.43 Å². The van der Waals surface area contributed by atoms with Crippen molar-refractivity contribution < 1.29 is 9.53 Å². The van der Waals surface area contributed by atoms with Crippen LogP contribution in [0.15, 0.2) is 41.8 Å². The maximum absolute atomic E-state index is 12.3. The van der Waals surface area contributed by atoms with Gasteiger partial charge in [-0.2, -0.15) is 0 Å². The Kier molecular flexibility index (Phi) is 4.25. The molecule has 0 amide bonds. The Bertz CT molecular complexity index is 734. The number of allylic oxidation sites excluding steroid dienone is 1. The first kappa shape index (κ1) is 14.3. The van der Waals surface area contributed by atoms with Crippen LogP contribution in [-0.4, -0.2) is 17.1 Å². The van der Waals surface area contributed by atoms with E-state index in [0.29, 0.717) is 22.5 Å². The number of carbonyl (C=O) groups is 1. The van der Waals surface area contributed by atoms with Crippen LogP contribution in [0, 0.1) is 0 Å². The highest BCUT2D eigenvalue weighted by atomic mass is 35.5. The SMILES string of the molecule is C=CCn1cc(C(=O)OCC)c(=O)c2ccc(Cl)cc21. The van der Waals surface area contributed by atoms with E-state index in [1.807, 2.05) is 0 Å². The van der Waals surface area contributed by atoms with E-state index < -0.39 is 5.97 Å². The standard InChI is InChI=1S/C15H14ClNO3/c1-3-7-17-9-12(15(19)20-4-2)14(18)11-6-5-10(16)8-13(11)17/h3,5-6,8-9H,1,4,7H2,2H3. The number of benzene rings is 1. The number of halogens is 1. The molecule has 0 fully saturated rings. The van der Waals surface area contributed by atoms with Gasteiger partial charge >= 0.3 is 5.97 Å². The summed E-state index contributed by atoms with van der Waals surface area (Å²) in [5, 5.41) is 0.959. The summed E-state index contributed by atoms with van der Waals surface area (Å²) >= 11 is 5.96. The molecule has 0 saturated carbocycles. The maximum Gasteiger partial charge on any atom is 0.343 e. The van der Waals surface area contributed by atoms with Crippen LogP contribution in [0.2, 0.25) is 5.02 Å². The van der Waals surface area contributed by atoms with E-state index in [-0.39, 0.29) is 17.6 Å². The molecule has 2 rings (SSSR count). The van der Waals surface area contributed by atoms with Gasteiger partial charge in [0, 0.05) is 23.2 Å². The first-order valence-corrected chi connectivity index (χ1v) is 6.57. The molecule has 1 heterocycles. The highest BCUT2D eigenvalue weighted by molar-refractivity contribution is 6.31. The fourth-order valence-corrected chi connectivity index (χ4v) is 2.17. The lowest BCUT2D eigenvalue weighted by molar-refractivity contribution is 0.0524. The molecule has 0 aliphatic carbocycles. The Hall–Kier alpha value is -2.07. The average Bonchev–Trinajstić information content (AvgIpc) is 2.42. The molecule has 20 heavy (non-hydrogen) atoms. The van der Waals surface area contributed by atoms with E-state index in [1.54, 1.807) is 35.8 Å².